The number of aliphatic hydroxyl groups is 1. The lowest BCUT2D eigenvalue weighted by atomic mass is 10.1. The molecule has 1 rings (SSSR count). The van der Waals surface area contributed by atoms with Crippen molar-refractivity contribution in [2.75, 3.05) is 6.61 Å². The lowest BCUT2D eigenvalue weighted by Crippen LogP contribution is -1.89. The smallest absolute Gasteiger partial charge is 0.0468 e. The summed E-state index contributed by atoms with van der Waals surface area (Å²) in [5.74, 6) is 0. The SMILES string of the molecule is OCC/C1=C/CCCCCCC1. The van der Waals surface area contributed by atoms with Crippen molar-refractivity contribution >= 4 is 0 Å². The standard InChI is InChI=1S/C11H20O/c12-10-9-11-7-5-3-1-2-4-6-8-11/h7,12H,1-6,8-10H2/b11-7+. The van der Waals surface area contributed by atoms with Crippen LogP contribution in [0.4, 0.5) is 0 Å². The molecular formula is C11H20O. The summed E-state index contributed by atoms with van der Waals surface area (Å²) in [5.41, 5.74) is 1.49. The van der Waals surface area contributed by atoms with Crippen LogP contribution in [0.1, 0.15) is 51.4 Å². The Morgan fingerprint density at radius 2 is 1.83 bits per heavy atom. The van der Waals surface area contributed by atoms with Crippen molar-refractivity contribution in [3.05, 3.63) is 11.6 Å². The van der Waals surface area contributed by atoms with Gasteiger partial charge in [-0.2, -0.15) is 0 Å². The van der Waals surface area contributed by atoms with E-state index in [9.17, 15) is 0 Å². The quantitative estimate of drug-likeness (QED) is 0.628. The predicted octanol–water partition coefficient (Wildman–Crippen LogP) is 3.04. The van der Waals surface area contributed by atoms with Gasteiger partial charge in [-0.05, 0) is 32.1 Å². The maximum absolute atomic E-state index is 8.81. The van der Waals surface area contributed by atoms with Gasteiger partial charge in [0, 0.05) is 6.61 Å². The van der Waals surface area contributed by atoms with Crippen LogP contribution in [0.15, 0.2) is 11.6 Å². The summed E-state index contributed by atoms with van der Waals surface area (Å²) in [6.45, 7) is 0.325. The van der Waals surface area contributed by atoms with E-state index in [2.05, 4.69) is 6.08 Å². The molecule has 0 saturated carbocycles. The Hall–Kier alpha value is -0.300. The zero-order chi connectivity index (χ0) is 8.65. The van der Waals surface area contributed by atoms with E-state index in [-0.39, 0.29) is 0 Å². The Kier molecular flexibility index (Phi) is 5.09. The number of rotatable bonds is 2. The van der Waals surface area contributed by atoms with Crippen molar-refractivity contribution in [1.29, 1.82) is 0 Å². The molecular weight excluding hydrogens is 148 g/mol. The van der Waals surface area contributed by atoms with Gasteiger partial charge in [0.1, 0.15) is 0 Å². The van der Waals surface area contributed by atoms with E-state index in [1.54, 1.807) is 0 Å². The van der Waals surface area contributed by atoms with Crippen molar-refractivity contribution in [2.45, 2.75) is 51.4 Å². The largest absolute Gasteiger partial charge is 0.396 e. The number of hydrogen-bond acceptors (Lipinski definition) is 1. The molecule has 0 saturated heterocycles. The third-order valence-corrected chi connectivity index (χ3v) is 2.57. The first-order valence-electron chi connectivity index (χ1n) is 5.22. The number of hydrogen-bond donors (Lipinski definition) is 1. The van der Waals surface area contributed by atoms with Gasteiger partial charge in [-0.25, -0.2) is 0 Å². The maximum atomic E-state index is 8.81. The second kappa shape index (κ2) is 6.24. The summed E-state index contributed by atoms with van der Waals surface area (Å²) in [7, 11) is 0. The Bertz CT molecular complexity index is 138. The molecule has 0 aliphatic heterocycles. The van der Waals surface area contributed by atoms with Crippen LogP contribution in [0.25, 0.3) is 0 Å². The maximum Gasteiger partial charge on any atom is 0.0468 e. The molecule has 0 spiro atoms. The third kappa shape index (κ3) is 3.91. The van der Waals surface area contributed by atoms with E-state index in [4.69, 9.17) is 5.11 Å². The monoisotopic (exact) mass is 168 g/mol. The highest BCUT2D eigenvalue weighted by molar-refractivity contribution is 5.02. The summed E-state index contributed by atoms with van der Waals surface area (Å²) >= 11 is 0. The van der Waals surface area contributed by atoms with Crippen LogP contribution in [0, 0.1) is 0 Å². The number of aliphatic hydroxyl groups excluding tert-OH is 1. The zero-order valence-corrected chi connectivity index (χ0v) is 7.89. The second-order valence-electron chi connectivity index (χ2n) is 3.64. The lowest BCUT2D eigenvalue weighted by molar-refractivity contribution is 0.297. The zero-order valence-electron chi connectivity index (χ0n) is 7.89. The first kappa shape index (κ1) is 9.79. The molecule has 0 atom stereocenters. The number of allylic oxidation sites excluding steroid dienone is 1. The van der Waals surface area contributed by atoms with E-state index in [0.29, 0.717) is 6.61 Å². The first-order chi connectivity index (χ1) is 5.93. The van der Waals surface area contributed by atoms with E-state index >= 15 is 0 Å². The second-order valence-corrected chi connectivity index (χ2v) is 3.64. The van der Waals surface area contributed by atoms with Gasteiger partial charge in [-0.15, -0.1) is 0 Å². The van der Waals surface area contributed by atoms with Crippen LogP contribution in [0.5, 0.6) is 0 Å². The van der Waals surface area contributed by atoms with Gasteiger partial charge in [0.05, 0.1) is 0 Å². The Morgan fingerprint density at radius 1 is 1.08 bits per heavy atom. The normalized spacial score (nSPS) is 24.9. The van der Waals surface area contributed by atoms with Gasteiger partial charge in [0.15, 0.2) is 0 Å². The van der Waals surface area contributed by atoms with Crippen molar-refractivity contribution in [3.63, 3.8) is 0 Å². The molecule has 0 bridgehead atoms. The molecule has 0 fully saturated rings. The topological polar surface area (TPSA) is 20.2 Å². The summed E-state index contributed by atoms with van der Waals surface area (Å²) in [4.78, 5) is 0. The average Bonchev–Trinajstić information content (AvgIpc) is 2.19. The van der Waals surface area contributed by atoms with Crippen LogP contribution >= 0.6 is 0 Å². The van der Waals surface area contributed by atoms with Gasteiger partial charge in [-0.3, -0.25) is 0 Å². The molecule has 0 aromatic carbocycles. The minimum absolute atomic E-state index is 0.325. The highest BCUT2D eigenvalue weighted by atomic mass is 16.2. The summed E-state index contributed by atoms with van der Waals surface area (Å²) in [6, 6.07) is 0. The van der Waals surface area contributed by atoms with Gasteiger partial charge in [0.25, 0.3) is 0 Å². The molecule has 0 amide bonds. The van der Waals surface area contributed by atoms with Gasteiger partial charge < -0.3 is 5.11 Å². The van der Waals surface area contributed by atoms with Crippen LogP contribution < -0.4 is 0 Å². The van der Waals surface area contributed by atoms with E-state index in [1.807, 2.05) is 0 Å². The van der Waals surface area contributed by atoms with Crippen molar-refractivity contribution in [2.24, 2.45) is 0 Å². The van der Waals surface area contributed by atoms with Gasteiger partial charge in [-0.1, -0.05) is 30.9 Å². The molecule has 70 valence electrons. The van der Waals surface area contributed by atoms with E-state index in [0.717, 1.165) is 6.42 Å². The predicted molar refractivity (Wildman–Crippen MR) is 52.1 cm³/mol. The third-order valence-electron chi connectivity index (χ3n) is 2.57. The average molecular weight is 168 g/mol. The molecule has 1 N–H and O–H groups in total. The fraction of sp³-hybridized carbons (Fsp3) is 0.818. The van der Waals surface area contributed by atoms with E-state index < -0.39 is 0 Å². The molecule has 1 heteroatoms. The summed E-state index contributed by atoms with van der Waals surface area (Å²) in [6.07, 6.45) is 12.5. The molecule has 0 unspecified atom stereocenters. The molecule has 1 nitrogen and oxygen atoms in total. The van der Waals surface area contributed by atoms with Gasteiger partial charge in [0.2, 0.25) is 0 Å². The molecule has 0 heterocycles. The van der Waals surface area contributed by atoms with E-state index in [1.165, 1.54) is 50.5 Å². The first-order valence-corrected chi connectivity index (χ1v) is 5.22. The van der Waals surface area contributed by atoms with Crippen molar-refractivity contribution in [1.82, 2.24) is 0 Å². The fourth-order valence-corrected chi connectivity index (χ4v) is 1.81. The molecule has 0 radical (unpaired) electrons. The van der Waals surface area contributed by atoms with Crippen molar-refractivity contribution < 1.29 is 5.11 Å². The summed E-state index contributed by atoms with van der Waals surface area (Å²) in [5, 5.41) is 8.81. The highest BCUT2D eigenvalue weighted by Gasteiger charge is 2.00. The molecule has 1 aliphatic rings. The lowest BCUT2D eigenvalue weighted by Gasteiger charge is -2.03. The van der Waals surface area contributed by atoms with Crippen LogP contribution in [-0.2, 0) is 0 Å². The Labute approximate surface area is 75.5 Å². The minimum Gasteiger partial charge on any atom is -0.396 e. The Balaban J connectivity index is 2.33. The summed E-state index contributed by atoms with van der Waals surface area (Å²) < 4.78 is 0. The molecule has 0 aromatic rings. The Morgan fingerprint density at radius 3 is 2.67 bits per heavy atom. The molecule has 1 aliphatic carbocycles. The van der Waals surface area contributed by atoms with Crippen LogP contribution in [0.2, 0.25) is 0 Å². The highest BCUT2D eigenvalue weighted by Crippen LogP contribution is 2.18. The minimum atomic E-state index is 0.325. The molecule has 12 heavy (non-hydrogen) atoms. The van der Waals surface area contributed by atoms with Crippen LogP contribution in [0.3, 0.4) is 0 Å². The van der Waals surface area contributed by atoms with Gasteiger partial charge >= 0.3 is 0 Å². The van der Waals surface area contributed by atoms with Crippen molar-refractivity contribution in [3.8, 4) is 0 Å². The fourth-order valence-electron chi connectivity index (χ4n) is 1.81. The molecule has 0 aromatic heterocycles. The van der Waals surface area contributed by atoms with Crippen LogP contribution in [-0.4, -0.2) is 11.7 Å².